The first kappa shape index (κ1) is 12.5. The summed E-state index contributed by atoms with van der Waals surface area (Å²) >= 11 is 0. The van der Waals surface area contributed by atoms with E-state index in [2.05, 4.69) is 0 Å². The molecular formula is C13H17F2NO. The molecule has 0 saturated heterocycles. The number of aliphatic hydroxyl groups is 1. The van der Waals surface area contributed by atoms with Crippen LogP contribution in [-0.4, -0.2) is 17.8 Å². The number of hydrogen-bond donors (Lipinski definition) is 2. The molecule has 0 aromatic heterocycles. The largest absolute Gasteiger partial charge is 0.392 e. The molecule has 1 fully saturated rings. The monoisotopic (exact) mass is 241 g/mol. The van der Waals surface area contributed by atoms with Gasteiger partial charge in [0.15, 0.2) is 0 Å². The van der Waals surface area contributed by atoms with Crippen LogP contribution in [0.4, 0.5) is 8.78 Å². The van der Waals surface area contributed by atoms with Crippen molar-refractivity contribution in [2.24, 2.45) is 17.6 Å². The van der Waals surface area contributed by atoms with Gasteiger partial charge >= 0.3 is 0 Å². The predicted octanol–water partition coefficient (Wildman–Crippen LogP) is 2.02. The van der Waals surface area contributed by atoms with E-state index < -0.39 is 23.7 Å². The zero-order chi connectivity index (χ0) is 12.6. The highest BCUT2D eigenvalue weighted by molar-refractivity contribution is 5.25. The van der Waals surface area contributed by atoms with Crippen molar-refractivity contribution in [1.29, 1.82) is 0 Å². The third-order valence-corrected chi connectivity index (χ3v) is 3.64. The minimum atomic E-state index is -0.644. The van der Waals surface area contributed by atoms with Crippen molar-refractivity contribution in [1.82, 2.24) is 0 Å². The van der Waals surface area contributed by atoms with Crippen LogP contribution in [0.25, 0.3) is 0 Å². The number of halogens is 2. The maximum absolute atomic E-state index is 13.6. The van der Waals surface area contributed by atoms with E-state index in [1.54, 1.807) is 0 Å². The Morgan fingerprint density at radius 1 is 1.47 bits per heavy atom. The highest BCUT2D eigenvalue weighted by Crippen LogP contribution is 2.44. The lowest BCUT2D eigenvalue weighted by atomic mass is 9.90. The molecule has 2 rings (SSSR count). The van der Waals surface area contributed by atoms with Crippen molar-refractivity contribution in [3.63, 3.8) is 0 Å². The summed E-state index contributed by atoms with van der Waals surface area (Å²) < 4.78 is 26.4. The Labute approximate surface area is 99.4 Å². The molecule has 4 unspecified atom stereocenters. The molecule has 1 aliphatic carbocycles. The van der Waals surface area contributed by atoms with E-state index in [9.17, 15) is 13.9 Å². The van der Waals surface area contributed by atoms with E-state index in [0.29, 0.717) is 11.5 Å². The Morgan fingerprint density at radius 2 is 2.12 bits per heavy atom. The van der Waals surface area contributed by atoms with E-state index in [1.807, 2.05) is 6.92 Å². The standard InChI is InChI=1S/C13H17F2NO/c1-7-4-10(7)13(17)11(6-16)9-3-2-8(14)5-12(9)15/h2-3,5,7,10-11,13,17H,4,6,16H2,1H3. The van der Waals surface area contributed by atoms with Crippen LogP contribution in [0.15, 0.2) is 18.2 Å². The molecule has 0 heterocycles. The molecule has 4 atom stereocenters. The van der Waals surface area contributed by atoms with Crippen molar-refractivity contribution in [3.8, 4) is 0 Å². The molecule has 2 nitrogen and oxygen atoms in total. The van der Waals surface area contributed by atoms with Crippen molar-refractivity contribution in [2.75, 3.05) is 6.54 Å². The summed E-state index contributed by atoms with van der Waals surface area (Å²) in [7, 11) is 0. The smallest absolute Gasteiger partial charge is 0.129 e. The van der Waals surface area contributed by atoms with Gasteiger partial charge in [-0.05, 0) is 29.9 Å². The van der Waals surface area contributed by atoms with Crippen molar-refractivity contribution < 1.29 is 13.9 Å². The minimum Gasteiger partial charge on any atom is -0.392 e. The third-order valence-electron chi connectivity index (χ3n) is 3.64. The SMILES string of the molecule is CC1CC1C(O)C(CN)c1ccc(F)cc1F. The van der Waals surface area contributed by atoms with Crippen LogP contribution in [0.2, 0.25) is 0 Å². The van der Waals surface area contributed by atoms with Gasteiger partial charge in [0.1, 0.15) is 11.6 Å². The van der Waals surface area contributed by atoms with Gasteiger partial charge in [0.25, 0.3) is 0 Å². The molecule has 94 valence electrons. The zero-order valence-corrected chi connectivity index (χ0v) is 9.74. The maximum atomic E-state index is 13.6. The summed E-state index contributed by atoms with van der Waals surface area (Å²) in [6.45, 7) is 2.20. The molecule has 0 aliphatic heterocycles. The van der Waals surface area contributed by atoms with E-state index in [4.69, 9.17) is 5.73 Å². The highest BCUT2D eigenvalue weighted by atomic mass is 19.1. The van der Waals surface area contributed by atoms with Crippen LogP contribution >= 0.6 is 0 Å². The molecule has 1 aliphatic rings. The van der Waals surface area contributed by atoms with Crippen LogP contribution in [-0.2, 0) is 0 Å². The van der Waals surface area contributed by atoms with E-state index in [0.717, 1.165) is 12.5 Å². The zero-order valence-electron chi connectivity index (χ0n) is 9.74. The predicted molar refractivity (Wildman–Crippen MR) is 61.4 cm³/mol. The second kappa shape index (κ2) is 4.70. The molecule has 0 radical (unpaired) electrons. The maximum Gasteiger partial charge on any atom is 0.129 e. The lowest BCUT2D eigenvalue weighted by molar-refractivity contribution is 0.116. The normalized spacial score (nSPS) is 26.6. The Bertz CT molecular complexity index is 410. The van der Waals surface area contributed by atoms with Crippen LogP contribution < -0.4 is 5.73 Å². The molecule has 0 bridgehead atoms. The third kappa shape index (κ3) is 2.48. The molecule has 17 heavy (non-hydrogen) atoms. The van der Waals surface area contributed by atoms with Gasteiger partial charge in [0, 0.05) is 18.5 Å². The molecule has 1 saturated carbocycles. The topological polar surface area (TPSA) is 46.2 Å². The van der Waals surface area contributed by atoms with Gasteiger partial charge in [-0.25, -0.2) is 8.78 Å². The van der Waals surface area contributed by atoms with E-state index in [-0.39, 0.29) is 12.5 Å². The van der Waals surface area contributed by atoms with Crippen LogP contribution in [0.3, 0.4) is 0 Å². The average Bonchev–Trinajstić information content (AvgIpc) is 2.99. The molecule has 4 heteroatoms. The second-order valence-electron chi connectivity index (χ2n) is 4.88. The molecular weight excluding hydrogens is 224 g/mol. The first-order chi connectivity index (χ1) is 8.04. The second-order valence-corrected chi connectivity index (χ2v) is 4.88. The highest BCUT2D eigenvalue weighted by Gasteiger charge is 2.42. The summed E-state index contributed by atoms with van der Waals surface area (Å²) in [5, 5.41) is 10.1. The minimum absolute atomic E-state index is 0.160. The lowest BCUT2D eigenvalue weighted by Crippen LogP contribution is -2.28. The van der Waals surface area contributed by atoms with Gasteiger partial charge in [-0.15, -0.1) is 0 Å². The lowest BCUT2D eigenvalue weighted by Gasteiger charge is -2.22. The average molecular weight is 241 g/mol. The quantitative estimate of drug-likeness (QED) is 0.847. The summed E-state index contributed by atoms with van der Waals surface area (Å²) in [5.74, 6) is -1.05. The van der Waals surface area contributed by atoms with Crippen LogP contribution in [0.1, 0.15) is 24.8 Å². The van der Waals surface area contributed by atoms with E-state index >= 15 is 0 Å². The molecule has 0 amide bonds. The van der Waals surface area contributed by atoms with Gasteiger partial charge in [0.2, 0.25) is 0 Å². The molecule has 0 spiro atoms. The Hall–Kier alpha value is -1.00. The summed E-state index contributed by atoms with van der Waals surface area (Å²) in [6, 6.07) is 3.41. The fourth-order valence-electron chi connectivity index (χ4n) is 2.38. The van der Waals surface area contributed by atoms with Gasteiger partial charge < -0.3 is 10.8 Å². The van der Waals surface area contributed by atoms with Crippen molar-refractivity contribution in [3.05, 3.63) is 35.4 Å². The summed E-state index contributed by atoms with van der Waals surface area (Å²) in [5.41, 5.74) is 5.91. The van der Waals surface area contributed by atoms with Crippen molar-refractivity contribution in [2.45, 2.75) is 25.4 Å². The molecule has 3 N–H and O–H groups in total. The fourth-order valence-corrected chi connectivity index (χ4v) is 2.38. The van der Waals surface area contributed by atoms with Gasteiger partial charge in [-0.2, -0.15) is 0 Å². The fraction of sp³-hybridized carbons (Fsp3) is 0.538. The van der Waals surface area contributed by atoms with Crippen LogP contribution in [0.5, 0.6) is 0 Å². The Balaban J connectivity index is 2.22. The Morgan fingerprint density at radius 3 is 2.59 bits per heavy atom. The van der Waals surface area contributed by atoms with Gasteiger partial charge in [-0.3, -0.25) is 0 Å². The Kier molecular flexibility index (Phi) is 3.45. The molecule has 1 aromatic rings. The first-order valence-electron chi connectivity index (χ1n) is 5.87. The summed E-state index contributed by atoms with van der Waals surface area (Å²) in [4.78, 5) is 0. The van der Waals surface area contributed by atoms with Crippen molar-refractivity contribution >= 4 is 0 Å². The van der Waals surface area contributed by atoms with Gasteiger partial charge in [-0.1, -0.05) is 13.0 Å². The van der Waals surface area contributed by atoms with Crippen LogP contribution in [0, 0.1) is 23.5 Å². The van der Waals surface area contributed by atoms with Gasteiger partial charge in [0.05, 0.1) is 6.10 Å². The van der Waals surface area contributed by atoms with E-state index in [1.165, 1.54) is 12.1 Å². The summed E-state index contributed by atoms with van der Waals surface area (Å²) in [6.07, 6.45) is 0.301. The molecule has 1 aromatic carbocycles. The first-order valence-corrected chi connectivity index (χ1v) is 5.87. The number of benzene rings is 1. The number of nitrogens with two attached hydrogens (primary N) is 1. The number of rotatable bonds is 4. The number of hydrogen-bond acceptors (Lipinski definition) is 2. The number of aliphatic hydroxyl groups excluding tert-OH is 1.